The molecule has 1 amide bonds. The van der Waals surface area contributed by atoms with Crippen molar-refractivity contribution in [1.29, 1.82) is 0 Å². The standard InChI is InChI=1S/C51H55F8N7O5/c1-29-20-39(63(23-30-8-14-35(68-5)15-9-30)24-31-10-16-36(69-6)17-11-31)60-44(41(29)51(57,58)59)40-38(50(54,55)56)21-37-43(42(40)53)61-46(70-28-49-18-7-19-65(49)25-32(52)22-49)62-45(37)64-26-33-12-13-34(27-64)66(33)47(67)71-48(2,3)4/h8-11,14-17,20-21,32-34H,7,12-13,18-19,22-28H2,1-6H3/t32-,33-,34+,49+/m1/s1. The number of anilines is 2. The third kappa shape index (κ3) is 10.0. The van der Waals surface area contributed by atoms with Gasteiger partial charge in [-0.2, -0.15) is 36.3 Å². The highest BCUT2D eigenvalue weighted by atomic mass is 19.4. The number of amides is 1. The Kier molecular flexibility index (Phi) is 13.2. The second kappa shape index (κ2) is 18.8. The van der Waals surface area contributed by atoms with Crippen molar-refractivity contribution < 1.29 is 58.9 Å². The second-order valence-corrected chi connectivity index (χ2v) is 19.9. The Hall–Kier alpha value is -6.18. The van der Waals surface area contributed by atoms with Gasteiger partial charge in [0, 0.05) is 44.5 Å². The van der Waals surface area contributed by atoms with Crippen molar-refractivity contribution in [3.05, 3.63) is 94.3 Å². The Bertz CT molecular complexity index is 2730. The molecule has 3 aromatic carbocycles. The number of halogens is 8. The van der Waals surface area contributed by atoms with Crippen molar-refractivity contribution in [2.24, 2.45) is 0 Å². The number of benzene rings is 3. The minimum atomic E-state index is -5.44. The number of rotatable bonds is 12. The van der Waals surface area contributed by atoms with Crippen LogP contribution in [0.4, 0.5) is 51.6 Å². The number of aryl methyl sites for hydroxylation is 1. The molecule has 71 heavy (non-hydrogen) atoms. The van der Waals surface area contributed by atoms with E-state index in [4.69, 9.17) is 18.9 Å². The molecular formula is C51H55F8N7O5. The number of aromatic nitrogens is 3. The molecule has 2 aromatic heterocycles. The van der Waals surface area contributed by atoms with Crippen molar-refractivity contribution in [2.75, 3.05) is 56.8 Å². The quantitative estimate of drug-likeness (QED) is 0.112. The zero-order chi connectivity index (χ0) is 50.8. The first-order chi connectivity index (χ1) is 33.5. The lowest BCUT2D eigenvalue weighted by atomic mass is 9.94. The van der Waals surface area contributed by atoms with Crippen molar-refractivity contribution in [3.63, 3.8) is 0 Å². The summed E-state index contributed by atoms with van der Waals surface area (Å²) in [6.45, 7) is 7.07. The van der Waals surface area contributed by atoms with E-state index in [-0.39, 0.29) is 57.4 Å². The summed E-state index contributed by atoms with van der Waals surface area (Å²) in [5, 5.41) is -0.441. The van der Waals surface area contributed by atoms with Crippen LogP contribution in [0.15, 0.2) is 60.7 Å². The van der Waals surface area contributed by atoms with Gasteiger partial charge in [0.15, 0.2) is 5.82 Å². The van der Waals surface area contributed by atoms with E-state index in [0.717, 1.165) is 19.4 Å². The molecule has 4 fully saturated rings. The molecule has 4 aliphatic rings. The van der Waals surface area contributed by atoms with Crippen molar-refractivity contribution in [2.45, 2.75) is 115 Å². The van der Waals surface area contributed by atoms with Crippen LogP contribution in [0.25, 0.3) is 22.2 Å². The molecule has 380 valence electrons. The zero-order valence-corrected chi connectivity index (χ0v) is 40.2. The van der Waals surface area contributed by atoms with Crippen LogP contribution in [0, 0.1) is 12.7 Å². The fourth-order valence-corrected chi connectivity index (χ4v) is 10.8. The number of alkyl halides is 7. The monoisotopic (exact) mass is 997 g/mol. The van der Waals surface area contributed by atoms with E-state index in [2.05, 4.69) is 15.0 Å². The van der Waals surface area contributed by atoms with E-state index in [0.29, 0.717) is 54.5 Å². The molecule has 4 aliphatic heterocycles. The van der Waals surface area contributed by atoms with Gasteiger partial charge in [-0.1, -0.05) is 24.3 Å². The maximum atomic E-state index is 18.0. The van der Waals surface area contributed by atoms with Crippen LogP contribution < -0.4 is 24.0 Å². The van der Waals surface area contributed by atoms with Gasteiger partial charge < -0.3 is 28.7 Å². The molecule has 0 radical (unpaired) electrons. The average Bonchev–Trinajstić information content (AvgIpc) is 3.93. The number of carbonyl (C=O) groups excluding carboxylic acids is 1. The number of hydrogen-bond acceptors (Lipinski definition) is 11. The smallest absolute Gasteiger partial charge is 0.418 e. The molecule has 20 heteroatoms. The molecule has 2 bridgehead atoms. The van der Waals surface area contributed by atoms with Crippen molar-refractivity contribution in [3.8, 4) is 28.8 Å². The van der Waals surface area contributed by atoms with Crippen LogP contribution >= 0.6 is 0 Å². The highest BCUT2D eigenvalue weighted by Crippen LogP contribution is 2.49. The molecule has 12 nitrogen and oxygen atoms in total. The number of fused-ring (bicyclic) bond motifs is 4. The first-order valence-corrected chi connectivity index (χ1v) is 23.5. The molecule has 0 unspecified atom stereocenters. The van der Waals surface area contributed by atoms with Gasteiger partial charge in [0.1, 0.15) is 47.0 Å². The number of pyridine rings is 1. The summed E-state index contributed by atoms with van der Waals surface area (Å²) < 4.78 is 149. The van der Waals surface area contributed by atoms with Crippen molar-refractivity contribution >= 4 is 28.6 Å². The molecule has 0 aliphatic carbocycles. The van der Waals surface area contributed by atoms with Gasteiger partial charge in [-0.25, -0.2) is 18.6 Å². The van der Waals surface area contributed by atoms with Crippen LogP contribution in [-0.2, 0) is 30.2 Å². The predicted molar refractivity (Wildman–Crippen MR) is 249 cm³/mol. The normalized spacial score (nSPS) is 21.5. The van der Waals surface area contributed by atoms with Gasteiger partial charge >= 0.3 is 24.5 Å². The van der Waals surface area contributed by atoms with Gasteiger partial charge in [-0.3, -0.25) is 9.80 Å². The molecule has 0 saturated carbocycles. The van der Waals surface area contributed by atoms with Gasteiger partial charge in [-0.15, -0.1) is 0 Å². The molecular weight excluding hydrogens is 943 g/mol. The average molecular weight is 998 g/mol. The Labute approximate surface area is 405 Å². The summed E-state index contributed by atoms with van der Waals surface area (Å²) in [6.07, 6.45) is -9.92. The number of ether oxygens (including phenoxy) is 4. The van der Waals surface area contributed by atoms with E-state index >= 15 is 30.7 Å². The number of methoxy groups -OCH3 is 2. The summed E-state index contributed by atoms with van der Waals surface area (Å²) in [5.41, 5.74) is -7.54. The number of piperazine rings is 1. The fourth-order valence-electron chi connectivity index (χ4n) is 10.8. The topological polar surface area (TPSA) is 106 Å². The van der Waals surface area contributed by atoms with Gasteiger partial charge in [0.05, 0.1) is 54.2 Å². The van der Waals surface area contributed by atoms with Crippen LogP contribution in [0.5, 0.6) is 17.5 Å². The van der Waals surface area contributed by atoms with E-state index in [1.54, 1.807) is 84.0 Å². The summed E-state index contributed by atoms with van der Waals surface area (Å²) >= 11 is 0. The molecule has 4 atom stereocenters. The van der Waals surface area contributed by atoms with E-state index in [9.17, 15) is 9.18 Å². The van der Waals surface area contributed by atoms with E-state index in [1.807, 2.05) is 4.90 Å². The molecule has 6 heterocycles. The SMILES string of the molecule is COc1ccc(CN(Cc2ccc(OC)cc2)c2cc(C)c(C(F)(F)F)c(-c3c(C(F)(F)F)cc4c(N5C[C@H]6CC[C@@H](C5)N6C(=O)OC(C)(C)C)nc(OC[C@@]56CCCN5C[C@H](F)C6)nc4c3F)n2)cc1. The van der Waals surface area contributed by atoms with E-state index < -0.39 is 98.5 Å². The van der Waals surface area contributed by atoms with Gasteiger partial charge in [0.25, 0.3) is 0 Å². The van der Waals surface area contributed by atoms with Gasteiger partial charge in [0.2, 0.25) is 0 Å². The largest absolute Gasteiger partial charge is 0.497 e. The maximum Gasteiger partial charge on any atom is 0.418 e. The third-order valence-electron chi connectivity index (χ3n) is 13.9. The molecule has 5 aromatic rings. The summed E-state index contributed by atoms with van der Waals surface area (Å²) in [4.78, 5) is 33.5. The minimum absolute atomic E-state index is 0.0160. The lowest BCUT2D eigenvalue weighted by Crippen LogP contribution is -2.57. The van der Waals surface area contributed by atoms with Crippen molar-refractivity contribution in [1.82, 2.24) is 24.8 Å². The van der Waals surface area contributed by atoms with Gasteiger partial charge in [-0.05, 0) is 113 Å². The fraction of sp³-hybridized carbons (Fsp3) is 0.490. The zero-order valence-electron chi connectivity index (χ0n) is 40.2. The first-order valence-electron chi connectivity index (χ1n) is 23.5. The predicted octanol–water partition coefficient (Wildman–Crippen LogP) is 10.9. The number of carbonyl (C=O) groups is 1. The summed E-state index contributed by atoms with van der Waals surface area (Å²) in [5.74, 6) is -0.989. The van der Waals surface area contributed by atoms with Crippen LogP contribution in [0.3, 0.4) is 0 Å². The number of hydrogen-bond donors (Lipinski definition) is 0. The summed E-state index contributed by atoms with van der Waals surface area (Å²) in [7, 11) is 2.98. The van der Waals surface area contributed by atoms with E-state index in [1.165, 1.54) is 14.2 Å². The molecule has 0 N–H and O–H groups in total. The Balaban J connectivity index is 1.22. The lowest BCUT2D eigenvalue weighted by molar-refractivity contribution is -0.139. The van der Waals surface area contributed by atoms with Crippen LogP contribution in [0.2, 0.25) is 0 Å². The highest BCUT2D eigenvalue weighted by Gasteiger charge is 2.50. The second-order valence-electron chi connectivity index (χ2n) is 19.9. The maximum absolute atomic E-state index is 18.0. The molecule has 9 rings (SSSR count). The van der Waals surface area contributed by atoms with Crippen LogP contribution in [0.1, 0.15) is 80.7 Å². The first kappa shape index (κ1) is 49.8. The number of nitrogens with zero attached hydrogens (tertiary/aromatic N) is 7. The molecule has 4 saturated heterocycles. The minimum Gasteiger partial charge on any atom is -0.497 e. The summed E-state index contributed by atoms with van der Waals surface area (Å²) in [6, 6.07) is 14.0. The Morgan fingerprint density at radius 1 is 0.831 bits per heavy atom. The molecule has 0 spiro atoms. The Morgan fingerprint density at radius 2 is 1.44 bits per heavy atom. The van der Waals surface area contributed by atoms with Crippen LogP contribution in [-0.4, -0.2) is 107 Å². The highest BCUT2D eigenvalue weighted by molar-refractivity contribution is 5.95. The Morgan fingerprint density at radius 3 is 1.99 bits per heavy atom. The third-order valence-corrected chi connectivity index (χ3v) is 13.9. The lowest BCUT2D eigenvalue weighted by Gasteiger charge is -2.42.